The summed E-state index contributed by atoms with van der Waals surface area (Å²) in [6.07, 6.45) is 0. The van der Waals surface area contributed by atoms with E-state index in [0.29, 0.717) is 12.1 Å². The van der Waals surface area contributed by atoms with Crippen molar-refractivity contribution in [2.75, 3.05) is 44.3 Å². The van der Waals surface area contributed by atoms with Crippen LogP contribution < -0.4 is 9.80 Å². The summed E-state index contributed by atoms with van der Waals surface area (Å²) in [4.78, 5) is 21.5. The third-order valence-electron chi connectivity index (χ3n) is 5.27. The number of nitrogens with one attached hydrogen (secondary N) is 1. The smallest absolute Gasteiger partial charge is 0.260 e. The lowest BCUT2D eigenvalue weighted by Crippen LogP contribution is -3.14. The first-order valence-electron chi connectivity index (χ1n) is 9.78. The zero-order valence-corrected chi connectivity index (χ0v) is 17.2. The van der Waals surface area contributed by atoms with Gasteiger partial charge in [0.05, 0.1) is 36.5 Å². The number of anilines is 1. The number of benzene rings is 2. The second-order valence-electron chi connectivity index (χ2n) is 7.35. The summed E-state index contributed by atoms with van der Waals surface area (Å²) >= 11 is 1.59. The second kappa shape index (κ2) is 8.39. The Hall–Kier alpha value is -2.28. The van der Waals surface area contributed by atoms with E-state index in [2.05, 4.69) is 19.1 Å². The number of ether oxygens (including phenoxy) is 1. The predicted molar refractivity (Wildman–Crippen MR) is 114 cm³/mol. The summed E-state index contributed by atoms with van der Waals surface area (Å²) in [5, 5.41) is 0.780. The lowest BCUT2D eigenvalue weighted by Gasteiger charge is -2.27. The van der Waals surface area contributed by atoms with Crippen LogP contribution in [0.5, 0.6) is 0 Å². The fourth-order valence-electron chi connectivity index (χ4n) is 3.51. The fourth-order valence-corrected chi connectivity index (χ4v) is 4.57. The standard InChI is InChI=1S/C22H25N3O2S/c1-16-6-8-18(9-7-16)21(26)25(11-10-24-12-14-27-15-13-24)22-23-20-17(2)4-3-5-19(20)28-22/h3-9H,10-15H2,1-2H3/p+1. The van der Waals surface area contributed by atoms with Gasteiger partial charge < -0.3 is 9.64 Å². The lowest BCUT2D eigenvalue weighted by atomic mass is 10.1. The zero-order valence-electron chi connectivity index (χ0n) is 16.4. The van der Waals surface area contributed by atoms with Gasteiger partial charge >= 0.3 is 0 Å². The molecule has 1 fully saturated rings. The molecule has 0 radical (unpaired) electrons. The number of rotatable bonds is 5. The zero-order chi connectivity index (χ0) is 19.5. The summed E-state index contributed by atoms with van der Waals surface area (Å²) in [7, 11) is 0. The van der Waals surface area contributed by atoms with Gasteiger partial charge in [0.15, 0.2) is 5.13 Å². The third-order valence-corrected chi connectivity index (χ3v) is 6.32. The SMILES string of the molecule is Cc1ccc(C(=O)N(CC[NH+]2CCOCC2)c2nc3c(C)cccc3s2)cc1. The minimum absolute atomic E-state index is 0.0179. The first kappa shape index (κ1) is 19.1. The summed E-state index contributed by atoms with van der Waals surface area (Å²) in [5.74, 6) is 0.0179. The Bertz CT molecular complexity index is 962. The minimum atomic E-state index is 0.0179. The highest BCUT2D eigenvalue weighted by Crippen LogP contribution is 2.31. The molecule has 1 aliphatic heterocycles. The van der Waals surface area contributed by atoms with E-state index >= 15 is 0 Å². The highest BCUT2D eigenvalue weighted by atomic mass is 32.1. The average Bonchev–Trinajstić information content (AvgIpc) is 3.15. The van der Waals surface area contributed by atoms with Crippen molar-refractivity contribution in [2.24, 2.45) is 0 Å². The molecule has 0 spiro atoms. The van der Waals surface area contributed by atoms with Gasteiger partial charge in [-0.15, -0.1) is 0 Å². The van der Waals surface area contributed by atoms with Crippen LogP contribution in [0.2, 0.25) is 0 Å². The van der Waals surface area contributed by atoms with Gasteiger partial charge in [-0.3, -0.25) is 9.69 Å². The summed E-state index contributed by atoms with van der Waals surface area (Å²) in [6, 6.07) is 14.0. The van der Waals surface area contributed by atoms with Crippen molar-refractivity contribution in [3.8, 4) is 0 Å². The number of fused-ring (bicyclic) bond motifs is 1. The molecule has 1 amide bonds. The number of quaternary nitrogens is 1. The van der Waals surface area contributed by atoms with E-state index in [0.717, 1.165) is 59.3 Å². The number of para-hydroxylation sites is 1. The Labute approximate surface area is 169 Å². The number of aromatic nitrogens is 1. The van der Waals surface area contributed by atoms with Gasteiger partial charge in [0.1, 0.15) is 13.1 Å². The second-order valence-corrected chi connectivity index (χ2v) is 8.36. The molecule has 0 saturated carbocycles. The normalized spacial score (nSPS) is 15.1. The molecule has 5 nitrogen and oxygen atoms in total. The van der Waals surface area contributed by atoms with Crippen molar-refractivity contribution in [1.29, 1.82) is 0 Å². The molecule has 2 heterocycles. The molecule has 146 valence electrons. The van der Waals surface area contributed by atoms with E-state index in [4.69, 9.17) is 9.72 Å². The van der Waals surface area contributed by atoms with E-state index in [1.165, 1.54) is 4.90 Å². The van der Waals surface area contributed by atoms with E-state index < -0.39 is 0 Å². The van der Waals surface area contributed by atoms with Crippen molar-refractivity contribution in [3.63, 3.8) is 0 Å². The Morgan fingerprint density at radius 1 is 1.14 bits per heavy atom. The average molecular weight is 397 g/mol. The van der Waals surface area contributed by atoms with E-state index in [1.54, 1.807) is 11.3 Å². The van der Waals surface area contributed by atoms with Crippen LogP contribution in [0.4, 0.5) is 5.13 Å². The molecule has 2 aromatic carbocycles. The van der Waals surface area contributed by atoms with Crippen LogP contribution in [-0.2, 0) is 4.74 Å². The molecule has 4 rings (SSSR count). The Kier molecular flexibility index (Phi) is 5.71. The summed E-state index contributed by atoms with van der Waals surface area (Å²) in [6.45, 7) is 9.22. The molecule has 0 aliphatic carbocycles. The van der Waals surface area contributed by atoms with E-state index in [1.807, 2.05) is 42.2 Å². The van der Waals surface area contributed by atoms with Crippen LogP contribution >= 0.6 is 11.3 Å². The van der Waals surface area contributed by atoms with Gasteiger partial charge in [0, 0.05) is 5.56 Å². The number of thiazole rings is 1. The van der Waals surface area contributed by atoms with Gasteiger partial charge in [-0.05, 0) is 37.6 Å². The van der Waals surface area contributed by atoms with E-state index in [9.17, 15) is 4.79 Å². The topological polar surface area (TPSA) is 46.9 Å². The Morgan fingerprint density at radius 2 is 1.89 bits per heavy atom. The first-order valence-corrected chi connectivity index (χ1v) is 10.6. The maximum Gasteiger partial charge on any atom is 0.260 e. The molecule has 6 heteroatoms. The molecule has 28 heavy (non-hydrogen) atoms. The van der Waals surface area contributed by atoms with Crippen molar-refractivity contribution < 1.29 is 14.4 Å². The van der Waals surface area contributed by atoms with Crippen molar-refractivity contribution >= 4 is 32.6 Å². The first-order chi connectivity index (χ1) is 13.6. The minimum Gasteiger partial charge on any atom is -0.370 e. The molecule has 0 bridgehead atoms. The molecule has 3 aromatic rings. The van der Waals surface area contributed by atoms with Crippen LogP contribution in [0, 0.1) is 13.8 Å². The molecule has 1 aliphatic rings. The lowest BCUT2D eigenvalue weighted by molar-refractivity contribution is -0.906. The summed E-state index contributed by atoms with van der Waals surface area (Å²) in [5.41, 5.74) is 3.99. The molecule has 0 atom stereocenters. The highest BCUT2D eigenvalue weighted by Gasteiger charge is 2.24. The van der Waals surface area contributed by atoms with Gasteiger partial charge in [-0.2, -0.15) is 0 Å². The van der Waals surface area contributed by atoms with Crippen LogP contribution in [0.1, 0.15) is 21.5 Å². The van der Waals surface area contributed by atoms with Gasteiger partial charge in [0.25, 0.3) is 5.91 Å². The predicted octanol–water partition coefficient (Wildman–Crippen LogP) is 2.48. The molecular formula is C22H26N3O2S+. The third kappa shape index (κ3) is 4.09. The Morgan fingerprint density at radius 3 is 2.61 bits per heavy atom. The van der Waals surface area contributed by atoms with Gasteiger partial charge in [-0.25, -0.2) is 4.98 Å². The summed E-state index contributed by atoms with van der Waals surface area (Å²) < 4.78 is 6.58. The number of morpholine rings is 1. The molecular weight excluding hydrogens is 370 g/mol. The number of amides is 1. The largest absolute Gasteiger partial charge is 0.370 e. The molecule has 0 unspecified atom stereocenters. The van der Waals surface area contributed by atoms with Crippen molar-refractivity contribution in [2.45, 2.75) is 13.8 Å². The van der Waals surface area contributed by atoms with Gasteiger partial charge in [-0.1, -0.05) is 41.2 Å². The van der Waals surface area contributed by atoms with Crippen LogP contribution in [-0.4, -0.2) is 50.3 Å². The number of aryl methyl sites for hydroxylation is 2. The monoisotopic (exact) mass is 396 g/mol. The van der Waals surface area contributed by atoms with Crippen LogP contribution in [0.25, 0.3) is 10.2 Å². The maximum atomic E-state index is 13.3. The van der Waals surface area contributed by atoms with Crippen molar-refractivity contribution in [1.82, 2.24) is 4.98 Å². The Balaban J connectivity index is 1.64. The molecule has 1 aromatic heterocycles. The van der Waals surface area contributed by atoms with Crippen LogP contribution in [0.3, 0.4) is 0 Å². The van der Waals surface area contributed by atoms with Gasteiger partial charge in [0.2, 0.25) is 0 Å². The highest BCUT2D eigenvalue weighted by molar-refractivity contribution is 7.22. The number of hydrogen-bond donors (Lipinski definition) is 1. The van der Waals surface area contributed by atoms with E-state index in [-0.39, 0.29) is 5.91 Å². The fraction of sp³-hybridized carbons (Fsp3) is 0.364. The molecule has 1 saturated heterocycles. The number of hydrogen-bond acceptors (Lipinski definition) is 4. The number of carbonyl (C=O) groups is 1. The van der Waals surface area contributed by atoms with Crippen molar-refractivity contribution in [3.05, 3.63) is 59.2 Å². The number of carbonyl (C=O) groups excluding carboxylic acids is 1. The number of nitrogens with zero attached hydrogens (tertiary/aromatic N) is 2. The maximum absolute atomic E-state index is 13.3. The molecule has 1 N–H and O–H groups in total. The quantitative estimate of drug-likeness (QED) is 0.721. The van der Waals surface area contributed by atoms with Crippen LogP contribution in [0.15, 0.2) is 42.5 Å².